The molecule has 0 aliphatic heterocycles. The Morgan fingerprint density at radius 2 is 2.00 bits per heavy atom. The number of benzene rings is 1. The largest absolute Gasteiger partial charge is 0.487 e. The van der Waals surface area contributed by atoms with E-state index in [9.17, 15) is 9.70 Å². The molecule has 0 fully saturated rings. The Labute approximate surface area is 105 Å². The number of ether oxygens (including phenoxy) is 2. The van der Waals surface area contributed by atoms with Gasteiger partial charge < -0.3 is 9.47 Å². The van der Waals surface area contributed by atoms with Crippen LogP contribution in [-0.2, 0) is 4.74 Å². The van der Waals surface area contributed by atoms with Crippen molar-refractivity contribution in [2.24, 2.45) is 5.18 Å². The van der Waals surface area contributed by atoms with Crippen LogP contribution in [0.15, 0.2) is 48.7 Å². The molecule has 0 atom stereocenters. The Morgan fingerprint density at radius 3 is 2.61 bits per heavy atom. The fourth-order valence-corrected chi connectivity index (χ4v) is 1.26. The van der Waals surface area contributed by atoms with E-state index in [1.807, 2.05) is 0 Å². The lowest BCUT2D eigenvalue weighted by Crippen LogP contribution is -2.06. The van der Waals surface area contributed by atoms with E-state index >= 15 is 0 Å². The minimum Gasteiger partial charge on any atom is -0.487 e. The Morgan fingerprint density at radius 1 is 1.28 bits per heavy atom. The molecule has 0 saturated heterocycles. The predicted molar refractivity (Wildman–Crippen MR) is 68.1 cm³/mol. The van der Waals surface area contributed by atoms with Crippen molar-refractivity contribution >= 4 is 11.7 Å². The van der Waals surface area contributed by atoms with E-state index in [-0.39, 0.29) is 30.2 Å². The summed E-state index contributed by atoms with van der Waals surface area (Å²) in [7, 11) is 0. The molecule has 0 saturated carbocycles. The highest BCUT2D eigenvalue weighted by atomic mass is 16.5. The third kappa shape index (κ3) is 3.28. The standard InChI is InChI=1S/C13H13NO4/c1-3-8-17-11-7-5-6-10(12(11)14-16)13(15)18-9-4-2/h3-7H,1-2,8-9H2. The van der Waals surface area contributed by atoms with Crippen LogP contribution in [0.4, 0.5) is 5.69 Å². The molecule has 0 N–H and O–H groups in total. The van der Waals surface area contributed by atoms with Crippen molar-refractivity contribution in [3.05, 3.63) is 54.0 Å². The van der Waals surface area contributed by atoms with Crippen LogP contribution in [0.5, 0.6) is 5.75 Å². The summed E-state index contributed by atoms with van der Waals surface area (Å²) < 4.78 is 10.1. The lowest BCUT2D eigenvalue weighted by atomic mass is 10.1. The zero-order chi connectivity index (χ0) is 13.4. The van der Waals surface area contributed by atoms with E-state index in [2.05, 4.69) is 18.3 Å². The van der Waals surface area contributed by atoms with Gasteiger partial charge in [-0.2, -0.15) is 0 Å². The molecule has 18 heavy (non-hydrogen) atoms. The van der Waals surface area contributed by atoms with Crippen LogP contribution in [0.25, 0.3) is 0 Å². The van der Waals surface area contributed by atoms with E-state index in [1.54, 1.807) is 12.1 Å². The van der Waals surface area contributed by atoms with Gasteiger partial charge >= 0.3 is 5.97 Å². The number of esters is 1. The predicted octanol–water partition coefficient (Wildman–Crippen LogP) is 2.99. The Hall–Kier alpha value is -2.43. The van der Waals surface area contributed by atoms with Crippen LogP contribution in [0.1, 0.15) is 10.4 Å². The quantitative estimate of drug-likeness (QED) is 0.422. The maximum Gasteiger partial charge on any atom is 0.340 e. The summed E-state index contributed by atoms with van der Waals surface area (Å²) in [6.07, 6.45) is 2.96. The molecule has 0 unspecified atom stereocenters. The van der Waals surface area contributed by atoms with Gasteiger partial charge in [-0.05, 0) is 17.3 Å². The molecule has 0 spiro atoms. The number of hydrogen-bond donors (Lipinski definition) is 0. The van der Waals surface area contributed by atoms with Gasteiger partial charge in [0.2, 0.25) is 0 Å². The zero-order valence-electron chi connectivity index (χ0n) is 9.80. The molecule has 5 heteroatoms. The van der Waals surface area contributed by atoms with Crippen LogP contribution < -0.4 is 4.74 Å². The monoisotopic (exact) mass is 247 g/mol. The molecule has 1 aromatic rings. The van der Waals surface area contributed by atoms with Gasteiger partial charge in [0.25, 0.3) is 0 Å². The lowest BCUT2D eigenvalue weighted by molar-refractivity contribution is 0.0550. The van der Waals surface area contributed by atoms with Crippen molar-refractivity contribution in [3.8, 4) is 5.75 Å². The van der Waals surface area contributed by atoms with Gasteiger partial charge in [0.05, 0.1) is 5.56 Å². The third-order valence-corrected chi connectivity index (χ3v) is 2.00. The molecule has 0 aromatic heterocycles. The second-order valence-electron chi connectivity index (χ2n) is 3.23. The van der Waals surface area contributed by atoms with E-state index in [0.717, 1.165) is 0 Å². The average molecular weight is 247 g/mol. The summed E-state index contributed by atoms with van der Waals surface area (Å²) in [6.45, 7) is 7.20. The molecule has 0 radical (unpaired) electrons. The summed E-state index contributed by atoms with van der Waals surface area (Å²) in [4.78, 5) is 22.5. The van der Waals surface area contributed by atoms with Crippen molar-refractivity contribution in [1.82, 2.24) is 0 Å². The Kier molecular flexibility index (Phi) is 5.31. The summed E-state index contributed by atoms with van der Waals surface area (Å²) >= 11 is 0. The van der Waals surface area contributed by atoms with E-state index < -0.39 is 5.97 Å². The van der Waals surface area contributed by atoms with E-state index in [1.165, 1.54) is 18.2 Å². The van der Waals surface area contributed by atoms with Gasteiger partial charge in [-0.25, -0.2) is 4.79 Å². The summed E-state index contributed by atoms with van der Waals surface area (Å²) in [5.74, 6) is -0.425. The molecule has 0 aliphatic rings. The summed E-state index contributed by atoms with van der Waals surface area (Å²) in [5.41, 5.74) is -0.0122. The molecule has 1 aromatic carbocycles. The van der Waals surface area contributed by atoms with Gasteiger partial charge in [0.1, 0.15) is 19.0 Å². The van der Waals surface area contributed by atoms with Gasteiger partial charge in [-0.3, -0.25) is 0 Å². The van der Waals surface area contributed by atoms with Gasteiger partial charge in [-0.15, -0.1) is 4.91 Å². The lowest BCUT2D eigenvalue weighted by Gasteiger charge is -2.08. The molecular weight excluding hydrogens is 234 g/mol. The Balaban J connectivity index is 3.03. The van der Waals surface area contributed by atoms with Crippen molar-refractivity contribution in [3.63, 3.8) is 0 Å². The van der Waals surface area contributed by atoms with Gasteiger partial charge in [-0.1, -0.05) is 31.4 Å². The molecular formula is C13H13NO4. The number of rotatable bonds is 7. The second-order valence-corrected chi connectivity index (χ2v) is 3.23. The maximum atomic E-state index is 11.7. The highest BCUT2D eigenvalue weighted by Crippen LogP contribution is 2.31. The minimum atomic E-state index is -0.645. The number of nitrogens with zero attached hydrogens (tertiary/aromatic N) is 1. The average Bonchev–Trinajstić information content (AvgIpc) is 2.41. The first-order chi connectivity index (χ1) is 8.74. The van der Waals surface area contributed by atoms with Crippen molar-refractivity contribution in [1.29, 1.82) is 0 Å². The molecule has 0 heterocycles. The Bertz CT molecular complexity index is 468. The molecule has 0 aliphatic carbocycles. The number of nitroso groups, excluding NO2 is 1. The normalized spacial score (nSPS) is 9.33. The van der Waals surface area contributed by atoms with Crippen LogP contribution in [0.3, 0.4) is 0 Å². The first-order valence-corrected chi connectivity index (χ1v) is 5.22. The van der Waals surface area contributed by atoms with Gasteiger partial charge in [0.15, 0.2) is 5.69 Å². The first-order valence-electron chi connectivity index (χ1n) is 5.22. The van der Waals surface area contributed by atoms with Crippen LogP contribution in [-0.4, -0.2) is 19.2 Å². The fourth-order valence-electron chi connectivity index (χ4n) is 1.26. The van der Waals surface area contributed by atoms with E-state index in [4.69, 9.17) is 9.47 Å². The molecule has 0 bridgehead atoms. The first kappa shape index (κ1) is 13.6. The number of hydrogen-bond acceptors (Lipinski definition) is 5. The SMILES string of the molecule is C=CCOC(=O)c1cccc(OCC=C)c1N=O. The zero-order valence-corrected chi connectivity index (χ0v) is 9.80. The van der Waals surface area contributed by atoms with E-state index in [0.29, 0.717) is 0 Å². The smallest absolute Gasteiger partial charge is 0.340 e. The van der Waals surface area contributed by atoms with Crippen LogP contribution in [0, 0.1) is 4.91 Å². The van der Waals surface area contributed by atoms with Crippen molar-refractivity contribution in [2.45, 2.75) is 0 Å². The van der Waals surface area contributed by atoms with Crippen molar-refractivity contribution < 1.29 is 14.3 Å². The molecule has 94 valence electrons. The van der Waals surface area contributed by atoms with Crippen LogP contribution in [0.2, 0.25) is 0 Å². The number of carbonyl (C=O) groups excluding carboxylic acids is 1. The summed E-state index contributed by atoms with van der Waals surface area (Å²) in [5, 5.41) is 2.82. The fraction of sp³-hybridized carbons (Fsp3) is 0.154. The molecule has 5 nitrogen and oxygen atoms in total. The highest BCUT2D eigenvalue weighted by molar-refractivity contribution is 5.96. The maximum absolute atomic E-state index is 11.7. The third-order valence-electron chi connectivity index (χ3n) is 2.00. The molecule has 0 amide bonds. The summed E-state index contributed by atoms with van der Waals surface area (Å²) in [6, 6.07) is 4.57. The topological polar surface area (TPSA) is 65.0 Å². The number of carbonyl (C=O) groups is 1. The second kappa shape index (κ2) is 7.01. The molecule has 1 rings (SSSR count). The minimum absolute atomic E-state index is 0.0633. The van der Waals surface area contributed by atoms with Crippen molar-refractivity contribution in [2.75, 3.05) is 13.2 Å². The van der Waals surface area contributed by atoms with Gasteiger partial charge in [0, 0.05) is 0 Å². The highest BCUT2D eigenvalue weighted by Gasteiger charge is 2.17. The van der Waals surface area contributed by atoms with Crippen LogP contribution >= 0.6 is 0 Å².